The monoisotopic (exact) mass is 313 g/mol. The zero-order valence-electron chi connectivity index (χ0n) is 12.6. The Morgan fingerprint density at radius 2 is 2.00 bits per heavy atom. The van der Waals surface area contributed by atoms with Gasteiger partial charge in [0.25, 0.3) is 0 Å². The minimum absolute atomic E-state index is 0.0473. The normalized spacial score (nSPS) is 24.2. The van der Waals surface area contributed by atoms with E-state index in [1.807, 2.05) is 0 Å². The fourth-order valence-electron chi connectivity index (χ4n) is 3.22. The first-order chi connectivity index (χ1) is 10.5. The molecule has 0 aromatic heterocycles. The van der Waals surface area contributed by atoms with Crippen molar-refractivity contribution in [2.75, 3.05) is 6.54 Å². The molecule has 0 aromatic carbocycles. The number of carboxylic acid groups (broad SMARTS) is 1. The molecule has 0 radical (unpaired) electrons. The fraction of sp³-hybridized carbons (Fsp3) is 0.800. The molecule has 1 aliphatic carbocycles. The number of carboxylic acids is 1. The van der Waals surface area contributed by atoms with Gasteiger partial charge in [-0.25, -0.2) is 4.79 Å². The number of aliphatic carboxylic acids is 1. The molecule has 0 bridgehead atoms. The van der Waals surface area contributed by atoms with Crippen molar-refractivity contribution in [1.82, 2.24) is 5.32 Å². The van der Waals surface area contributed by atoms with Crippen molar-refractivity contribution >= 4 is 18.0 Å². The van der Waals surface area contributed by atoms with Crippen LogP contribution in [0.5, 0.6) is 0 Å². The van der Waals surface area contributed by atoms with Crippen LogP contribution in [0.4, 0.5) is 4.79 Å². The van der Waals surface area contributed by atoms with Crippen LogP contribution in [-0.4, -0.2) is 36.0 Å². The molecule has 1 saturated carbocycles. The van der Waals surface area contributed by atoms with Crippen LogP contribution >= 0.6 is 0 Å². The molecule has 0 unspecified atom stereocenters. The van der Waals surface area contributed by atoms with Crippen molar-refractivity contribution in [3.8, 4) is 0 Å². The van der Waals surface area contributed by atoms with Crippen LogP contribution in [0.25, 0.3) is 0 Å². The van der Waals surface area contributed by atoms with E-state index in [4.69, 9.17) is 14.6 Å². The molecule has 1 aliphatic heterocycles. The Morgan fingerprint density at radius 1 is 1.27 bits per heavy atom. The van der Waals surface area contributed by atoms with Crippen molar-refractivity contribution in [3.63, 3.8) is 0 Å². The highest BCUT2D eigenvalue weighted by atomic mass is 16.7. The number of nitrogens with one attached hydrogen (secondary N) is 1. The van der Waals surface area contributed by atoms with Crippen LogP contribution in [0.1, 0.15) is 57.8 Å². The molecular weight excluding hydrogens is 290 g/mol. The minimum Gasteiger partial charge on any atom is -0.481 e. The molecule has 124 valence electrons. The van der Waals surface area contributed by atoms with Crippen molar-refractivity contribution in [3.05, 3.63) is 0 Å². The van der Waals surface area contributed by atoms with Crippen LogP contribution in [0, 0.1) is 5.41 Å². The lowest BCUT2D eigenvalue weighted by Crippen LogP contribution is -2.42. The van der Waals surface area contributed by atoms with E-state index in [1.54, 1.807) is 0 Å². The molecule has 0 spiro atoms. The minimum atomic E-state index is -0.849. The summed E-state index contributed by atoms with van der Waals surface area (Å²) in [6.07, 6.45) is 4.68. The summed E-state index contributed by atoms with van der Waals surface area (Å²) in [6, 6.07) is 0. The van der Waals surface area contributed by atoms with Crippen molar-refractivity contribution in [2.45, 2.75) is 64.1 Å². The van der Waals surface area contributed by atoms with Gasteiger partial charge in [-0.1, -0.05) is 19.3 Å². The summed E-state index contributed by atoms with van der Waals surface area (Å²) in [5, 5.41) is 11.7. The molecule has 0 aromatic rings. The first-order valence-corrected chi connectivity index (χ1v) is 7.85. The Kier molecular flexibility index (Phi) is 5.63. The highest BCUT2D eigenvalue weighted by Crippen LogP contribution is 2.38. The van der Waals surface area contributed by atoms with E-state index in [9.17, 15) is 14.4 Å². The number of amides is 1. The van der Waals surface area contributed by atoms with Crippen LogP contribution in [0.2, 0.25) is 0 Å². The lowest BCUT2D eigenvalue weighted by Gasteiger charge is -2.36. The molecule has 7 heteroatoms. The third-order valence-electron chi connectivity index (χ3n) is 4.37. The molecule has 2 rings (SSSR count). The summed E-state index contributed by atoms with van der Waals surface area (Å²) in [4.78, 5) is 34.0. The van der Waals surface area contributed by atoms with E-state index < -0.39 is 23.8 Å². The number of alkyl carbamates (subject to hydrolysis) is 1. The third-order valence-corrected chi connectivity index (χ3v) is 4.37. The predicted molar refractivity (Wildman–Crippen MR) is 76.0 cm³/mol. The molecule has 1 amide bonds. The second-order valence-corrected chi connectivity index (χ2v) is 6.20. The highest BCUT2D eigenvalue weighted by molar-refractivity contribution is 5.71. The van der Waals surface area contributed by atoms with Gasteiger partial charge in [0.15, 0.2) is 0 Å². The lowest BCUT2D eigenvalue weighted by molar-refractivity contribution is -0.176. The summed E-state index contributed by atoms with van der Waals surface area (Å²) in [5.41, 5.74) is -0.396. The zero-order valence-corrected chi connectivity index (χ0v) is 12.6. The first-order valence-electron chi connectivity index (χ1n) is 7.85. The fourth-order valence-corrected chi connectivity index (χ4v) is 3.22. The number of cyclic esters (lactones) is 1. The third kappa shape index (κ3) is 4.89. The maximum Gasteiger partial charge on any atom is 0.410 e. The number of ether oxygens (including phenoxy) is 2. The average molecular weight is 313 g/mol. The first kappa shape index (κ1) is 16.6. The summed E-state index contributed by atoms with van der Waals surface area (Å²) in [7, 11) is 0. The summed E-state index contributed by atoms with van der Waals surface area (Å²) in [5.74, 6) is -1.21. The maximum atomic E-state index is 11.8. The van der Waals surface area contributed by atoms with Gasteiger partial charge < -0.3 is 19.9 Å². The second kappa shape index (κ2) is 7.47. The Morgan fingerprint density at radius 3 is 2.64 bits per heavy atom. The molecular formula is C15H23NO6. The van der Waals surface area contributed by atoms with Gasteiger partial charge in [-0.2, -0.15) is 0 Å². The molecule has 2 aliphatic rings. The number of carbonyl (C=O) groups is 3. The molecule has 1 heterocycles. The van der Waals surface area contributed by atoms with Gasteiger partial charge in [0.1, 0.15) is 0 Å². The number of rotatable bonds is 5. The van der Waals surface area contributed by atoms with Crippen molar-refractivity contribution in [1.29, 1.82) is 0 Å². The Bertz CT molecular complexity index is 430. The number of hydrogen-bond donors (Lipinski definition) is 2. The van der Waals surface area contributed by atoms with Gasteiger partial charge in [0.05, 0.1) is 6.42 Å². The van der Waals surface area contributed by atoms with E-state index >= 15 is 0 Å². The van der Waals surface area contributed by atoms with Crippen LogP contribution in [-0.2, 0) is 19.1 Å². The Labute approximate surface area is 129 Å². The SMILES string of the molecule is O=C(O)CC1(CNC(=O)O[C@@H]2CCCC(=O)O2)CCCCC1. The Hall–Kier alpha value is -1.79. The smallest absolute Gasteiger partial charge is 0.410 e. The molecule has 2 fully saturated rings. The molecule has 22 heavy (non-hydrogen) atoms. The van der Waals surface area contributed by atoms with Gasteiger partial charge in [-0.3, -0.25) is 9.59 Å². The van der Waals surface area contributed by atoms with Crippen LogP contribution in [0.15, 0.2) is 0 Å². The molecule has 1 atom stereocenters. The van der Waals surface area contributed by atoms with Crippen LogP contribution < -0.4 is 5.32 Å². The quantitative estimate of drug-likeness (QED) is 0.754. The molecule has 7 nitrogen and oxygen atoms in total. The van der Waals surface area contributed by atoms with E-state index in [0.717, 1.165) is 32.1 Å². The van der Waals surface area contributed by atoms with E-state index in [2.05, 4.69) is 5.32 Å². The second-order valence-electron chi connectivity index (χ2n) is 6.20. The lowest BCUT2D eigenvalue weighted by atomic mass is 9.72. The van der Waals surface area contributed by atoms with Gasteiger partial charge in [-0.05, 0) is 24.7 Å². The standard InChI is InChI=1S/C15H23NO6/c17-11(18)9-15(7-2-1-3-8-15)10-16-14(20)22-13-6-4-5-12(19)21-13/h13H,1-10H2,(H,16,20)(H,17,18)/t13-/m1/s1. The number of esters is 1. The average Bonchev–Trinajstić information content (AvgIpc) is 2.46. The predicted octanol–water partition coefficient (Wildman–Crippen LogP) is 2.19. The van der Waals surface area contributed by atoms with Gasteiger partial charge >= 0.3 is 18.0 Å². The van der Waals surface area contributed by atoms with Crippen LogP contribution in [0.3, 0.4) is 0 Å². The van der Waals surface area contributed by atoms with Gasteiger partial charge in [-0.15, -0.1) is 0 Å². The Balaban J connectivity index is 1.81. The number of hydrogen-bond acceptors (Lipinski definition) is 5. The maximum absolute atomic E-state index is 11.8. The van der Waals surface area contributed by atoms with Gasteiger partial charge in [0, 0.05) is 19.4 Å². The summed E-state index contributed by atoms with van der Waals surface area (Å²) >= 11 is 0. The van der Waals surface area contributed by atoms with Crippen molar-refractivity contribution in [2.24, 2.45) is 5.41 Å². The summed E-state index contributed by atoms with van der Waals surface area (Å²) in [6.45, 7) is 0.277. The zero-order chi connectivity index (χ0) is 16.0. The van der Waals surface area contributed by atoms with Gasteiger partial charge in [0.2, 0.25) is 6.29 Å². The topological polar surface area (TPSA) is 102 Å². The largest absolute Gasteiger partial charge is 0.481 e. The number of carbonyl (C=O) groups excluding carboxylic acids is 2. The highest BCUT2D eigenvalue weighted by Gasteiger charge is 2.35. The van der Waals surface area contributed by atoms with E-state index in [-0.39, 0.29) is 18.9 Å². The summed E-state index contributed by atoms with van der Waals surface area (Å²) < 4.78 is 9.98. The molecule has 1 saturated heterocycles. The van der Waals surface area contributed by atoms with E-state index in [1.165, 1.54) is 0 Å². The molecule has 2 N–H and O–H groups in total. The van der Waals surface area contributed by atoms with Crippen molar-refractivity contribution < 1.29 is 29.0 Å². The van der Waals surface area contributed by atoms with E-state index in [0.29, 0.717) is 19.3 Å².